The van der Waals surface area contributed by atoms with Crippen LogP contribution in [-0.4, -0.2) is 13.0 Å². The first kappa shape index (κ1) is 19.6. The third-order valence-electron chi connectivity index (χ3n) is 1.90. The van der Waals surface area contributed by atoms with E-state index in [0.29, 0.717) is 0 Å². The highest BCUT2D eigenvalue weighted by Gasteiger charge is 2.08. The Hall–Kier alpha value is -1.75. The third kappa shape index (κ3) is 8.90. The van der Waals surface area contributed by atoms with Crippen molar-refractivity contribution in [2.45, 2.75) is 41.5 Å². The molecule has 0 aliphatic heterocycles. The van der Waals surface area contributed by atoms with Gasteiger partial charge in [0.2, 0.25) is 0 Å². The number of carbonyl (C=O) groups is 1. The number of carbonyl (C=O) groups excluding carboxylic acids is 1. The molecule has 19 heavy (non-hydrogen) atoms. The van der Waals surface area contributed by atoms with Gasteiger partial charge in [0.25, 0.3) is 0 Å². The van der Waals surface area contributed by atoms with Gasteiger partial charge in [-0.25, -0.2) is 0 Å². The number of hydrogen-bond acceptors (Lipinski definition) is 1. The molecule has 0 saturated heterocycles. The molecule has 0 N–H and O–H groups in total. The second-order valence-corrected chi connectivity index (χ2v) is 4.53. The molecule has 0 spiro atoms. The average Bonchev–Trinajstić information content (AvgIpc) is 2.39. The largest absolute Gasteiger partial charge is 0.304 e. The minimum atomic E-state index is -0.325. The maximum absolute atomic E-state index is 11.2. The Labute approximate surface area is 118 Å². The summed E-state index contributed by atoms with van der Waals surface area (Å²) in [6, 6.07) is 7.61. The van der Waals surface area contributed by atoms with Crippen LogP contribution in [0.4, 0.5) is 5.69 Å². The predicted molar refractivity (Wildman–Crippen MR) is 85.3 cm³/mol. The summed E-state index contributed by atoms with van der Waals surface area (Å²) >= 11 is 0. The van der Waals surface area contributed by atoms with Crippen LogP contribution in [0.25, 0.3) is 0 Å². The van der Waals surface area contributed by atoms with E-state index >= 15 is 0 Å². The molecule has 0 radical (unpaired) electrons. The smallest absolute Gasteiger partial charge is 0.302 e. The molecule has 1 amide bonds. The highest BCUT2D eigenvalue weighted by atomic mass is 16.2. The Balaban J connectivity index is 0. The molecule has 1 aromatic carbocycles. The fourth-order valence-corrected chi connectivity index (χ4v) is 1.15. The lowest BCUT2D eigenvalue weighted by Gasteiger charge is -2.16. The van der Waals surface area contributed by atoms with Gasteiger partial charge in [0.15, 0.2) is 0 Å². The van der Waals surface area contributed by atoms with E-state index in [1.165, 1.54) is 4.90 Å². The third-order valence-corrected chi connectivity index (χ3v) is 1.90. The van der Waals surface area contributed by atoms with E-state index in [1.807, 2.05) is 45.0 Å². The number of nitrogens with zero attached hydrogens (tertiary/aromatic N) is 1. The molecule has 0 aromatic heterocycles. The number of amides is 1. The molecule has 2 heteroatoms. The maximum Gasteiger partial charge on any atom is 0.302 e. The predicted octanol–water partition coefficient (Wildman–Crippen LogP) is 4.28. The van der Waals surface area contributed by atoms with Crippen molar-refractivity contribution in [2.75, 3.05) is 11.9 Å². The van der Waals surface area contributed by atoms with Crippen molar-refractivity contribution in [3.63, 3.8) is 0 Å². The topological polar surface area (TPSA) is 20.3 Å². The van der Waals surface area contributed by atoms with Crippen molar-refractivity contribution in [2.24, 2.45) is 5.92 Å². The van der Waals surface area contributed by atoms with Crippen molar-refractivity contribution >= 4 is 11.6 Å². The van der Waals surface area contributed by atoms with E-state index in [9.17, 15) is 4.79 Å². The van der Waals surface area contributed by atoms with Crippen LogP contribution in [0.1, 0.15) is 40.2 Å². The van der Waals surface area contributed by atoms with Crippen molar-refractivity contribution in [1.82, 2.24) is 0 Å². The molecular weight excluding hydrogens is 234 g/mol. The molecule has 106 valence electrons. The van der Waals surface area contributed by atoms with Gasteiger partial charge >= 0.3 is 5.91 Å². The van der Waals surface area contributed by atoms with Crippen molar-refractivity contribution in [3.05, 3.63) is 29.8 Å². The number of benzene rings is 1. The number of rotatable bonds is 1. The van der Waals surface area contributed by atoms with Crippen LogP contribution in [0.5, 0.6) is 0 Å². The van der Waals surface area contributed by atoms with Crippen LogP contribution in [0.2, 0.25) is 0 Å². The van der Waals surface area contributed by atoms with Crippen molar-refractivity contribution < 1.29 is 4.79 Å². The van der Waals surface area contributed by atoms with Crippen LogP contribution in [0.15, 0.2) is 24.3 Å². The fraction of sp³-hybridized carbons (Fsp3) is 0.471. The van der Waals surface area contributed by atoms with Gasteiger partial charge in [-0.05, 0) is 30.4 Å². The lowest BCUT2D eigenvalue weighted by molar-refractivity contribution is -0.113. The fourth-order valence-electron chi connectivity index (χ4n) is 1.15. The number of hydrogen-bond donors (Lipinski definition) is 0. The molecule has 0 saturated carbocycles. The van der Waals surface area contributed by atoms with E-state index in [2.05, 4.69) is 26.7 Å². The molecule has 0 aliphatic carbocycles. The van der Waals surface area contributed by atoms with Gasteiger partial charge in [-0.15, -0.1) is 6.42 Å². The number of para-hydroxylation sites is 1. The second kappa shape index (κ2) is 11.3. The zero-order valence-electron chi connectivity index (χ0n) is 13.3. The van der Waals surface area contributed by atoms with Crippen LogP contribution >= 0.6 is 0 Å². The minimum Gasteiger partial charge on any atom is -0.304 e. The highest BCUT2D eigenvalue weighted by molar-refractivity contribution is 6.05. The summed E-state index contributed by atoms with van der Waals surface area (Å²) < 4.78 is 0. The van der Waals surface area contributed by atoms with E-state index in [-0.39, 0.29) is 5.91 Å². The Morgan fingerprint density at radius 1 is 1.21 bits per heavy atom. The number of aryl methyl sites for hydroxylation is 1. The lowest BCUT2D eigenvalue weighted by Crippen LogP contribution is -2.24. The molecular formula is C17H27NO. The highest BCUT2D eigenvalue weighted by Crippen LogP contribution is 2.17. The van der Waals surface area contributed by atoms with E-state index in [1.54, 1.807) is 7.05 Å². The molecule has 0 heterocycles. The van der Waals surface area contributed by atoms with Gasteiger partial charge in [-0.2, -0.15) is 0 Å². The van der Waals surface area contributed by atoms with E-state index < -0.39 is 0 Å². The monoisotopic (exact) mass is 261 g/mol. The van der Waals surface area contributed by atoms with Crippen LogP contribution in [0.3, 0.4) is 0 Å². The van der Waals surface area contributed by atoms with E-state index in [0.717, 1.165) is 17.2 Å². The summed E-state index contributed by atoms with van der Waals surface area (Å²) in [6.45, 7) is 12.4. The Morgan fingerprint density at radius 3 is 2.00 bits per heavy atom. The van der Waals surface area contributed by atoms with Gasteiger partial charge < -0.3 is 4.90 Å². The van der Waals surface area contributed by atoms with Gasteiger partial charge in [-0.3, -0.25) is 4.79 Å². The minimum absolute atomic E-state index is 0.325. The normalized spacial score (nSPS) is 8.37. The summed E-state index contributed by atoms with van der Waals surface area (Å²) in [7, 11) is 1.67. The molecule has 2 nitrogen and oxygen atoms in total. The summed E-state index contributed by atoms with van der Waals surface area (Å²) in [5.74, 6) is 2.59. The van der Waals surface area contributed by atoms with Crippen LogP contribution < -0.4 is 4.90 Å². The summed E-state index contributed by atoms with van der Waals surface area (Å²) in [5, 5.41) is 0. The van der Waals surface area contributed by atoms with Crippen LogP contribution in [0, 0.1) is 25.2 Å². The Morgan fingerprint density at radius 2 is 1.63 bits per heavy atom. The van der Waals surface area contributed by atoms with Gasteiger partial charge in [0.05, 0.1) is 0 Å². The SMILES string of the molecule is C#CC(=O)N(C)c1ccccc1C.CC.CC(C)C. The second-order valence-electron chi connectivity index (χ2n) is 4.53. The van der Waals surface area contributed by atoms with Gasteiger partial charge in [0, 0.05) is 12.7 Å². The molecule has 0 unspecified atom stereocenters. The van der Waals surface area contributed by atoms with E-state index in [4.69, 9.17) is 6.42 Å². The first-order chi connectivity index (χ1) is 8.90. The van der Waals surface area contributed by atoms with Gasteiger partial charge in [0.1, 0.15) is 0 Å². The quantitative estimate of drug-likeness (QED) is 0.691. The Bertz CT molecular complexity index is 399. The first-order valence-corrected chi connectivity index (χ1v) is 6.70. The standard InChI is InChI=1S/C11H11NO.C4H10.C2H6/c1-4-11(13)12(3)10-8-6-5-7-9(10)2;1-4(2)3;1-2/h1,5-8H,2-3H3;4H,1-3H3;1-2H3. The number of terminal acetylenes is 1. The van der Waals surface area contributed by atoms with Gasteiger partial charge in [-0.1, -0.05) is 52.8 Å². The summed E-state index contributed by atoms with van der Waals surface area (Å²) in [5.41, 5.74) is 1.89. The molecule has 0 bridgehead atoms. The summed E-state index contributed by atoms with van der Waals surface area (Å²) in [4.78, 5) is 12.6. The molecule has 1 aromatic rings. The zero-order chi connectivity index (χ0) is 15.4. The average molecular weight is 261 g/mol. The van der Waals surface area contributed by atoms with Crippen molar-refractivity contribution in [1.29, 1.82) is 0 Å². The number of anilines is 1. The molecule has 0 atom stereocenters. The van der Waals surface area contributed by atoms with Crippen LogP contribution in [-0.2, 0) is 4.79 Å². The summed E-state index contributed by atoms with van der Waals surface area (Å²) in [6.07, 6.45) is 5.02. The molecule has 0 aliphatic rings. The Kier molecular flexibility index (Phi) is 11.7. The first-order valence-electron chi connectivity index (χ1n) is 6.70. The van der Waals surface area contributed by atoms with Crippen molar-refractivity contribution in [3.8, 4) is 12.3 Å². The lowest BCUT2D eigenvalue weighted by atomic mass is 10.2. The maximum atomic E-state index is 11.2. The molecule has 0 fully saturated rings. The molecule has 1 rings (SSSR count). The zero-order valence-corrected chi connectivity index (χ0v) is 13.3.